The molecule has 0 spiro atoms. The lowest BCUT2D eigenvalue weighted by Crippen LogP contribution is -2.35. The Balaban J connectivity index is 2.08. The molecule has 2 rings (SSSR count). The molecule has 2 amide bonds. The Morgan fingerprint density at radius 2 is 2.00 bits per heavy atom. The molecule has 1 aromatic heterocycles. The minimum absolute atomic E-state index is 0.00348. The predicted molar refractivity (Wildman–Crippen MR) is 91.2 cm³/mol. The van der Waals surface area contributed by atoms with E-state index in [4.69, 9.17) is 0 Å². The molecule has 0 unspecified atom stereocenters. The van der Waals surface area contributed by atoms with Gasteiger partial charge >= 0.3 is 0 Å². The zero-order valence-corrected chi connectivity index (χ0v) is 14.7. The summed E-state index contributed by atoms with van der Waals surface area (Å²) in [6, 6.07) is 3.29. The van der Waals surface area contributed by atoms with Crippen LogP contribution in [0.1, 0.15) is 50.4 Å². The van der Waals surface area contributed by atoms with Crippen molar-refractivity contribution in [3.05, 3.63) is 23.9 Å². The zero-order chi connectivity index (χ0) is 17.2. The lowest BCUT2D eigenvalue weighted by Gasteiger charge is -2.38. The van der Waals surface area contributed by atoms with Crippen molar-refractivity contribution in [3.63, 3.8) is 0 Å². The molecule has 1 aromatic rings. The van der Waals surface area contributed by atoms with Gasteiger partial charge in [-0.25, -0.2) is 4.98 Å². The first-order valence-corrected chi connectivity index (χ1v) is 8.16. The van der Waals surface area contributed by atoms with Crippen molar-refractivity contribution < 1.29 is 9.59 Å². The summed E-state index contributed by atoms with van der Waals surface area (Å²) in [4.78, 5) is 30.2. The summed E-state index contributed by atoms with van der Waals surface area (Å²) in [6.45, 7) is 6.64. The minimum Gasteiger partial charge on any atom is -0.345 e. The van der Waals surface area contributed by atoms with Crippen molar-refractivity contribution in [1.82, 2.24) is 9.88 Å². The molecule has 23 heavy (non-hydrogen) atoms. The Morgan fingerprint density at radius 3 is 2.61 bits per heavy atom. The van der Waals surface area contributed by atoms with Crippen LogP contribution in [0.2, 0.25) is 0 Å². The Hall–Kier alpha value is -1.91. The van der Waals surface area contributed by atoms with E-state index in [1.54, 1.807) is 32.4 Å². The molecule has 5 nitrogen and oxygen atoms in total. The first kappa shape index (κ1) is 17.4. The van der Waals surface area contributed by atoms with Crippen molar-refractivity contribution in [2.75, 3.05) is 19.4 Å². The van der Waals surface area contributed by atoms with Crippen molar-refractivity contribution in [2.45, 2.75) is 40.0 Å². The van der Waals surface area contributed by atoms with E-state index in [0.717, 1.165) is 19.3 Å². The Bertz CT molecular complexity index is 596. The molecule has 1 aliphatic carbocycles. The average molecular weight is 317 g/mol. The predicted octanol–water partition coefficient (Wildman–Crippen LogP) is 3.18. The normalized spacial score (nSPS) is 23.2. The number of hydrogen-bond acceptors (Lipinski definition) is 3. The molecule has 1 N–H and O–H groups in total. The van der Waals surface area contributed by atoms with Gasteiger partial charge in [-0.2, -0.15) is 0 Å². The maximum absolute atomic E-state index is 12.6. The van der Waals surface area contributed by atoms with E-state index in [2.05, 4.69) is 31.1 Å². The number of hydrogen-bond donors (Lipinski definition) is 1. The number of carbonyl (C=O) groups is 2. The van der Waals surface area contributed by atoms with E-state index in [9.17, 15) is 9.59 Å². The van der Waals surface area contributed by atoms with Crippen LogP contribution in [0.25, 0.3) is 0 Å². The molecule has 0 saturated heterocycles. The third kappa shape index (κ3) is 4.53. The monoisotopic (exact) mass is 317 g/mol. The van der Waals surface area contributed by atoms with Crippen LogP contribution in [-0.2, 0) is 4.79 Å². The van der Waals surface area contributed by atoms with Gasteiger partial charge in [-0.1, -0.05) is 20.8 Å². The van der Waals surface area contributed by atoms with E-state index in [1.807, 2.05) is 0 Å². The van der Waals surface area contributed by atoms with Crippen LogP contribution in [0.15, 0.2) is 18.3 Å². The molecular weight excluding hydrogens is 290 g/mol. The van der Waals surface area contributed by atoms with Crippen LogP contribution in [0, 0.1) is 17.3 Å². The van der Waals surface area contributed by atoms with E-state index >= 15 is 0 Å². The molecule has 1 saturated carbocycles. The van der Waals surface area contributed by atoms with Crippen LogP contribution in [-0.4, -0.2) is 35.8 Å². The topological polar surface area (TPSA) is 62.3 Å². The SMILES string of the molecule is C[C@H]1C[C@@H](C(=O)Nc2cc(C(=O)N(C)C)ccn2)CC(C)(C)C1. The van der Waals surface area contributed by atoms with Crippen molar-refractivity contribution in [1.29, 1.82) is 0 Å². The summed E-state index contributed by atoms with van der Waals surface area (Å²) in [5.74, 6) is 0.897. The zero-order valence-electron chi connectivity index (χ0n) is 14.7. The number of aromatic nitrogens is 1. The molecular formula is C18H27N3O2. The molecule has 0 radical (unpaired) electrons. The number of carbonyl (C=O) groups excluding carboxylic acids is 2. The molecule has 0 bridgehead atoms. The molecule has 0 aromatic carbocycles. The number of amides is 2. The van der Waals surface area contributed by atoms with Crippen LogP contribution >= 0.6 is 0 Å². The second-order valence-corrected chi connectivity index (χ2v) is 7.73. The van der Waals surface area contributed by atoms with Crippen molar-refractivity contribution >= 4 is 17.6 Å². The van der Waals surface area contributed by atoms with E-state index < -0.39 is 0 Å². The van der Waals surface area contributed by atoms with Gasteiger partial charge in [0.15, 0.2) is 0 Å². The second-order valence-electron chi connectivity index (χ2n) is 7.73. The van der Waals surface area contributed by atoms with Gasteiger partial charge in [-0.3, -0.25) is 9.59 Å². The summed E-state index contributed by atoms with van der Waals surface area (Å²) in [6.07, 6.45) is 4.51. The van der Waals surface area contributed by atoms with Gasteiger partial charge in [0, 0.05) is 31.8 Å². The fraction of sp³-hybridized carbons (Fsp3) is 0.611. The second kappa shape index (κ2) is 6.69. The summed E-state index contributed by atoms with van der Waals surface area (Å²) in [5.41, 5.74) is 0.716. The van der Waals surface area contributed by atoms with Gasteiger partial charge < -0.3 is 10.2 Å². The number of pyridine rings is 1. The summed E-state index contributed by atoms with van der Waals surface area (Å²) < 4.78 is 0. The minimum atomic E-state index is -0.102. The lowest BCUT2D eigenvalue weighted by molar-refractivity contribution is -0.122. The number of nitrogens with zero attached hydrogens (tertiary/aromatic N) is 2. The standard InChI is InChI=1S/C18H27N3O2/c1-12-8-14(11-18(2,3)10-12)16(22)20-15-9-13(6-7-19-15)17(23)21(4)5/h6-7,9,12,14H,8,10-11H2,1-5H3,(H,19,20,22)/t12-,14+/m0/s1. The van der Waals surface area contributed by atoms with Gasteiger partial charge in [0.1, 0.15) is 5.82 Å². The molecule has 1 fully saturated rings. The van der Waals surface area contributed by atoms with Crippen molar-refractivity contribution in [2.24, 2.45) is 17.3 Å². The van der Waals surface area contributed by atoms with Crippen LogP contribution in [0.4, 0.5) is 5.82 Å². The Kier molecular flexibility index (Phi) is 5.07. The average Bonchev–Trinajstić information content (AvgIpc) is 2.44. The van der Waals surface area contributed by atoms with E-state index in [1.165, 1.54) is 4.90 Å². The number of nitrogens with one attached hydrogen (secondary N) is 1. The molecule has 5 heteroatoms. The third-order valence-corrected chi connectivity index (χ3v) is 4.42. The van der Waals surface area contributed by atoms with E-state index in [-0.39, 0.29) is 23.1 Å². The smallest absolute Gasteiger partial charge is 0.253 e. The Labute approximate surface area is 138 Å². The lowest BCUT2D eigenvalue weighted by atomic mass is 9.68. The largest absolute Gasteiger partial charge is 0.345 e. The maximum atomic E-state index is 12.6. The third-order valence-electron chi connectivity index (χ3n) is 4.42. The molecule has 2 atom stereocenters. The first-order chi connectivity index (χ1) is 10.7. The quantitative estimate of drug-likeness (QED) is 0.931. The van der Waals surface area contributed by atoms with Gasteiger partial charge in [-0.15, -0.1) is 0 Å². The first-order valence-electron chi connectivity index (χ1n) is 8.16. The van der Waals surface area contributed by atoms with Crippen molar-refractivity contribution in [3.8, 4) is 0 Å². The Morgan fingerprint density at radius 1 is 1.30 bits per heavy atom. The summed E-state index contributed by atoms with van der Waals surface area (Å²) in [7, 11) is 3.40. The number of rotatable bonds is 3. The highest BCUT2D eigenvalue weighted by atomic mass is 16.2. The van der Waals surface area contributed by atoms with Gasteiger partial charge in [0.05, 0.1) is 0 Å². The number of anilines is 1. The molecule has 0 aliphatic heterocycles. The molecule has 1 aliphatic rings. The highest BCUT2D eigenvalue weighted by Crippen LogP contribution is 2.41. The van der Waals surface area contributed by atoms with Crippen LogP contribution in [0.3, 0.4) is 0 Å². The molecule has 1 heterocycles. The fourth-order valence-corrected chi connectivity index (χ4v) is 3.66. The van der Waals surface area contributed by atoms with E-state index in [0.29, 0.717) is 17.3 Å². The van der Waals surface area contributed by atoms with Gasteiger partial charge in [-0.05, 0) is 42.7 Å². The molecule has 126 valence electrons. The maximum Gasteiger partial charge on any atom is 0.253 e. The summed E-state index contributed by atoms with van der Waals surface area (Å²) >= 11 is 0. The van der Waals surface area contributed by atoms with Gasteiger partial charge in [0.25, 0.3) is 5.91 Å². The summed E-state index contributed by atoms with van der Waals surface area (Å²) in [5, 5.41) is 2.88. The van der Waals surface area contributed by atoms with Crippen LogP contribution < -0.4 is 5.32 Å². The fourth-order valence-electron chi connectivity index (χ4n) is 3.66. The van der Waals surface area contributed by atoms with Crippen LogP contribution in [0.5, 0.6) is 0 Å². The van der Waals surface area contributed by atoms with Gasteiger partial charge in [0.2, 0.25) is 5.91 Å². The highest BCUT2D eigenvalue weighted by molar-refractivity contribution is 5.96. The highest BCUT2D eigenvalue weighted by Gasteiger charge is 2.35.